The molecule has 1 aromatic rings. The molecule has 1 amide bonds. The lowest BCUT2D eigenvalue weighted by Gasteiger charge is -2.49. The Balaban J connectivity index is 2.00. The van der Waals surface area contributed by atoms with Crippen molar-refractivity contribution in [1.29, 1.82) is 0 Å². The lowest BCUT2D eigenvalue weighted by Crippen LogP contribution is -2.61. The molecule has 1 fully saturated rings. The van der Waals surface area contributed by atoms with E-state index < -0.39 is 0 Å². The Labute approximate surface area is 106 Å². The minimum atomic E-state index is -0.350. The average Bonchev–Trinajstić information content (AvgIpc) is 2.38. The molecule has 2 N–H and O–H groups in total. The lowest BCUT2D eigenvalue weighted by molar-refractivity contribution is -0.0689. The fraction of sp³-hybridized carbons (Fsp3) is 0.538. The van der Waals surface area contributed by atoms with Crippen LogP contribution in [0.5, 0.6) is 5.88 Å². The van der Waals surface area contributed by atoms with Gasteiger partial charge < -0.3 is 15.2 Å². The van der Waals surface area contributed by atoms with Crippen LogP contribution >= 0.6 is 0 Å². The molecule has 1 heterocycles. The second-order valence-electron chi connectivity index (χ2n) is 5.19. The molecule has 0 spiro atoms. The molecule has 18 heavy (non-hydrogen) atoms. The van der Waals surface area contributed by atoms with Gasteiger partial charge in [-0.1, -0.05) is 13.8 Å². The first-order chi connectivity index (χ1) is 8.45. The van der Waals surface area contributed by atoms with Crippen molar-refractivity contribution in [2.24, 2.45) is 5.41 Å². The van der Waals surface area contributed by atoms with Crippen molar-refractivity contribution >= 4 is 5.91 Å². The van der Waals surface area contributed by atoms with E-state index in [9.17, 15) is 9.90 Å². The molecule has 0 aromatic carbocycles. The van der Waals surface area contributed by atoms with E-state index in [1.165, 1.54) is 13.3 Å². The molecule has 0 saturated heterocycles. The number of aliphatic hydroxyl groups excluding tert-OH is 1. The van der Waals surface area contributed by atoms with Crippen molar-refractivity contribution in [2.45, 2.75) is 32.4 Å². The first kappa shape index (κ1) is 12.8. The molecule has 2 unspecified atom stereocenters. The zero-order chi connectivity index (χ0) is 13.3. The summed E-state index contributed by atoms with van der Waals surface area (Å²) in [6.07, 6.45) is 1.73. The van der Waals surface area contributed by atoms with Gasteiger partial charge in [0.25, 0.3) is 5.91 Å². The molecule has 5 heteroatoms. The van der Waals surface area contributed by atoms with Crippen LogP contribution in [-0.4, -0.2) is 35.3 Å². The molecule has 2 atom stereocenters. The minimum Gasteiger partial charge on any atom is -0.481 e. The van der Waals surface area contributed by atoms with Crippen LogP contribution in [0, 0.1) is 5.41 Å². The zero-order valence-corrected chi connectivity index (χ0v) is 10.8. The van der Waals surface area contributed by atoms with Crippen LogP contribution in [0.1, 0.15) is 30.6 Å². The molecule has 1 saturated carbocycles. The number of amides is 1. The number of aromatic nitrogens is 1. The van der Waals surface area contributed by atoms with Gasteiger partial charge in [0.1, 0.15) is 0 Å². The Hall–Kier alpha value is -1.62. The topological polar surface area (TPSA) is 71.5 Å². The molecule has 0 aliphatic heterocycles. The van der Waals surface area contributed by atoms with Crippen molar-refractivity contribution < 1.29 is 14.6 Å². The summed E-state index contributed by atoms with van der Waals surface area (Å²) >= 11 is 0. The molecular formula is C13H18N2O3. The maximum atomic E-state index is 12.0. The molecule has 1 aliphatic rings. The Morgan fingerprint density at radius 1 is 1.56 bits per heavy atom. The third-order valence-corrected chi connectivity index (χ3v) is 3.73. The lowest BCUT2D eigenvalue weighted by atomic mass is 9.64. The Kier molecular flexibility index (Phi) is 3.26. The summed E-state index contributed by atoms with van der Waals surface area (Å²) in [7, 11) is 1.53. The van der Waals surface area contributed by atoms with Gasteiger partial charge in [0, 0.05) is 23.7 Å². The molecule has 1 aromatic heterocycles. The van der Waals surface area contributed by atoms with Crippen LogP contribution in [-0.2, 0) is 0 Å². The van der Waals surface area contributed by atoms with Crippen molar-refractivity contribution in [1.82, 2.24) is 10.3 Å². The van der Waals surface area contributed by atoms with Crippen LogP contribution in [0.3, 0.4) is 0 Å². The van der Waals surface area contributed by atoms with Gasteiger partial charge in [0.2, 0.25) is 5.88 Å². The highest BCUT2D eigenvalue weighted by Crippen LogP contribution is 2.40. The number of nitrogens with one attached hydrogen (secondary N) is 1. The monoisotopic (exact) mass is 250 g/mol. The Bertz CT molecular complexity index is 442. The van der Waals surface area contributed by atoms with E-state index in [-0.39, 0.29) is 23.5 Å². The summed E-state index contributed by atoms with van der Waals surface area (Å²) < 4.78 is 4.93. The smallest absolute Gasteiger partial charge is 0.253 e. The predicted octanol–water partition coefficient (Wildman–Crippen LogP) is 0.979. The quantitative estimate of drug-likeness (QED) is 0.839. The van der Waals surface area contributed by atoms with E-state index in [0.717, 1.165) is 0 Å². The highest BCUT2D eigenvalue weighted by molar-refractivity contribution is 5.94. The molecule has 2 rings (SSSR count). The minimum absolute atomic E-state index is 0.00195. The number of rotatable bonds is 3. The van der Waals surface area contributed by atoms with Gasteiger partial charge in [-0.05, 0) is 12.5 Å². The predicted molar refractivity (Wildman–Crippen MR) is 66.4 cm³/mol. The number of methoxy groups -OCH3 is 1. The number of carbonyl (C=O) groups is 1. The summed E-state index contributed by atoms with van der Waals surface area (Å²) in [5.74, 6) is 0.307. The third kappa shape index (κ3) is 2.18. The largest absolute Gasteiger partial charge is 0.481 e. The fourth-order valence-electron chi connectivity index (χ4n) is 2.02. The SMILES string of the molecule is COc1ccc(C(=O)NC2CC(O)C2(C)C)cn1. The summed E-state index contributed by atoms with van der Waals surface area (Å²) in [5, 5.41) is 12.5. The van der Waals surface area contributed by atoms with E-state index in [2.05, 4.69) is 10.3 Å². The maximum Gasteiger partial charge on any atom is 0.253 e. The van der Waals surface area contributed by atoms with Crippen LogP contribution in [0.4, 0.5) is 0 Å². The summed E-state index contributed by atoms with van der Waals surface area (Å²) in [5.41, 5.74) is 0.225. The summed E-state index contributed by atoms with van der Waals surface area (Å²) in [6.45, 7) is 3.89. The number of ether oxygens (including phenoxy) is 1. The average molecular weight is 250 g/mol. The van der Waals surface area contributed by atoms with Crippen molar-refractivity contribution in [3.63, 3.8) is 0 Å². The fourth-order valence-corrected chi connectivity index (χ4v) is 2.02. The van der Waals surface area contributed by atoms with Gasteiger partial charge in [-0.25, -0.2) is 4.98 Å². The van der Waals surface area contributed by atoms with E-state index in [1.807, 2.05) is 13.8 Å². The van der Waals surface area contributed by atoms with Crippen LogP contribution in [0.25, 0.3) is 0 Å². The van der Waals surface area contributed by atoms with Crippen molar-refractivity contribution in [3.8, 4) is 5.88 Å². The van der Waals surface area contributed by atoms with Gasteiger partial charge in [0.05, 0.1) is 18.8 Å². The van der Waals surface area contributed by atoms with E-state index >= 15 is 0 Å². The molecule has 1 aliphatic carbocycles. The molecule has 5 nitrogen and oxygen atoms in total. The first-order valence-corrected chi connectivity index (χ1v) is 5.94. The molecular weight excluding hydrogens is 232 g/mol. The second-order valence-corrected chi connectivity index (χ2v) is 5.19. The summed E-state index contributed by atoms with van der Waals surface area (Å²) in [6, 6.07) is 3.32. The number of aliphatic hydroxyl groups is 1. The third-order valence-electron chi connectivity index (χ3n) is 3.73. The Morgan fingerprint density at radius 2 is 2.28 bits per heavy atom. The highest BCUT2D eigenvalue weighted by Gasteiger charge is 2.47. The van der Waals surface area contributed by atoms with Gasteiger partial charge in [-0.3, -0.25) is 4.79 Å². The maximum absolute atomic E-state index is 12.0. The highest BCUT2D eigenvalue weighted by atomic mass is 16.5. The Morgan fingerprint density at radius 3 is 2.72 bits per heavy atom. The molecule has 0 radical (unpaired) electrons. The van der Waals surface area contributed by atoms with Crippen LogP contribution < -0.4 is 10.1 Å². The van der Waals surface area contributed by atoms with E-state index in [1.54, 1.807) is 12.1 Å². The van der Waals surface area contributed by atoms with Gasteiger partial charge in [-0.2, -0.15) is 0 Å². The standard InChI is InChI=1S/C13H18N2O3/c1-13(2)9(6-10(13)16)15-12(17)8-4-5-11(18-3)14-7-8/h4-5,7,9-10,16H,6H2,1-3H3,(H,15,17). The van der Waals surface area contributed by atoms with Gasteiger partial charge >= 0.3 is 0 Å². The molecule has 98 valence electrons. The van der Waals surface area contributed by atoms with E-state index in [4.69, 9.17) is 4.74 Å². The van der Waals surface area contributed by atoms with Crippen LogP contribution in [0.2, 0.25) is 0 Å². The first-order valence-electron chi connectivity index (χ1n) is 5.94. The number of hydrogen-bond acceptors (Lipinski definition) is 4. The zero-order valence-electron chi connectivity index (χ0n) is 10.8. The summed E-state index contributed by atoms with van der Waals surface area (Å²) in [4.78, 5) is 16.0. The van der Waals surface area contributed by atoms with Gasteiger partial charge in [-0.15, -0.1) is 0 Å². The number of pyridine rings is 1. The number of carbonyl (C=O) groups excluding carboxylic acids is 1. The van der Waals surface area contributed by atoms with Gasteiger partial charge in [0.15, 0.2) is 0 Å². The van der Waals surface area contributed by atoms with Crippen molar-refractivity contribution in [2.75, 3.05) is 7.11 Å². The number of hydrogen-bond donors (Lipinski definition) is 2. The molecule has 0 bridgehead atoms. The van der Waals surface area contributed by atoms with E-state index in [0.29, 0.717) is 17.9 Å². The normalized spacial score (nSPS) is 25.1. The number of nitrogens with zero attached hydrogens (tertiary/aromatic N) is 1. The van der Waals surface area contributed by atoms with Crippen LogP contribution in [0.15, 0.2) is 18.3 Å². The van der Waals surface area contributed by atoms with Crippen molar-refractivity contribution in [3.05, 3.63) is 23.9 Å². The second kappa shape index (κ2) is 4.57.